The number of hydrogen-bond acceptors (Lipinski definition) is 4. The van der Waals surface area contributed by atoms with Crippen molar-refractivity contribution in [3.63, 3.8) is 0 Å². The first-order valence-electron chi connectivity index (χ1n) is 6.30. The summed E-state index contributed by atoms with van der Waals surface area (Å²) in [7, 11) is 0. The zero-order valence-corrected chi connectivity index (χ0v) is 12.6. The Morgan fingerprint density at radius 1 is 1.25 bits per heavy atom. The fourth-order valence-electron chi connectivity index (χ4n) is 2.15. The molecule has 1 aromatic heterocycles. The number of thiophene rings is 1. The van der Waals surface area contributed by atoms with Gasteiger partial charge in [-0.05, 0) is 25.1 Å². The minimum Gasteiger partial charge on any atom is -0.306 e. The van der Waals surface area contributed by atoms with Gasteiger partial charge in [-0.1, -0.05) is 12.1 Å². The summed E-state index contributed by atoms with van der Waals surface area (Å²) in [5, 5.41) is 1.75. The Labute approximate surface area is 125 Å². The molecule has 0 N–H and O–H groups in total. The van der Waals surface area contributed by atoms with Gasteiger partial charge in [0.15, 0.2) is 5.78 Å². The van der Waals surface area contributed by atoms with Crippen LogP contribution in [0.3, 0.4) is 0 Å². The van der Waals surface area contributed by atoms with Crippen molar-refractivity contribution in [2.75, 3.05) is 17.2 Å². The molecule has 1 aliphatic heterocycles. The summed E-state index contributed by atoms with van der Waals surface area (Å²) in [6.07, 6.45) is 0. The second-order valence-corrected chi connectivity index (χ2v) is 6.58. The zero-order valence-electron chi connectivity index (χ0n) is 11.0. The van der Waals surface area contributed by atoms with Crippen LogP contribution < -0.4 is 4.90 Å². The van der Waals surface area contributed by atoms with Gasteiger partial charge < -0.3 is 4.90 Å². The number of anilines is 1. The topological polar surface area (TPSA) is 37.4 Å². The van der Waals surface area contributed by atoms with Gasteiger partial charge in [-0.15, -0.1) is 23.1 Å². The minimum atomic E-state index is -0.0183. The Morgan fingerprint density at radius 3 is 2.80 bits per heavy atom. The third-order valence-electron chi connectivity index (χ3n) is 3.19. The molecule has 2 aromatic rings. The number of nitrogens with zero attached hydrogens (tertiary/aromatic N) is 1. The quantitative estimate of drug-likeness (QED) is 0.794. The predicted octanol–water partition coefficient (Wildman–Crippen LogP) is 3.70. The average Bonchev–Trinajstić information content (AvgIpc) is 2.96. The molecular formula is C15H13NO2S2. The van der Waals surface area contributed by atoms with Crippen LogP contribution in [0.25, 0.3) is 0 Å². The second kappa shape index (κ2) is 5.42. The van der Waals surface area contributed by atoms with E-state index in [4.69, 9.17) is 0 Å². The van der Waals surface area contributed by atoms with Crippen LogP contribution >= 0.6 is 23.1 Å². The molecule has 0 aliphatic carbocycles. The summed E-state index contributed by atoms with van der Waals surface area (Å²) in [4.78, 5) is 27.5. The van der Waals surface area contributed by atoms with Gasteiger partial charge in [0.2, 0.25) is 0 Å². The van der Waals surface area contributed by atoms with E-state index in [-0.39, 0.29) is 11.7 Å². The van der Waals surface area contributed by atoms with E-state index >= 15 is 0 Å². The molecule has 0 bridgehead atoms. The normalized spacial score (nSPS) is 13.9. The Kier molecular flexibility index (Phi) is 3.63. The van der Waals surface area contributed by atoms with Crippen molar-refractivity contribution >= 4 is 40.5 Å². The molecule has 1 amide bonds. The summed E-state index contributed by atoms with van der Waals surface area (Å²) >= 11 is 3.11. The molecule has 5 heteroatoms. The van der Waals surface area contributed by atoms with Gasteiger partial charge in [-0.3, -0.25) is 9.59 Å². The molecule has 0 saturated heterocycles. The molecule has 20 heavy (non-hydrogen) atoms. The molecule has 0 unspecified atom stereocenters. The number of carbonyl (C=O) groups excluding carboxylic acids is 2. The van der Waals surface area contributed by atoms with Gasteiger partial charge in [0.1, 0.15) is 0 Å². The first-order chi connectivity index (χ1) is 9.66. The lowest BCUT2D eigenvalue weighted by atomic mass is 10.2. The summed E-state index contributed by atoms with van der Waals surface area (Å²) in [5.41, 5.74) is 1.57. The van der Waals surface area contributed by atoms with Crippen molar-refractivity contribution in [3.05, 3.63) is 46.2 Å². The molecule has 1 aromatic carbocycles. The van der Waals surface area contributed by atoms with Gasteiger partial charge >= 0.3 is 0 Å². The van der Waals surface area contributed by atoms with Crippen molar-refractivity contribution in [1.29, 1.82) is 0 Å². The summed E-state index contributed by atoms with van der Waals surface area (Å²) in [6, 6.07) is 9.63. The highest BCUT2D eigenvalue weighted by Gasteiger charge is 2.24. The molecule has 3 nitrogen and oxygen atoms in total. The number of amides is 1. The Morgan fingerprint density at radius 2 is 2.05 bits per heavy atom. The van der Waals surface area contributed by atoms with Crippen LogP contribution in [0.1, 0.15) is 27.0 Å². The Hall–Kier alpha value is -1.59. The lowest BCUT2D eigenvalue weighted by Crippen LogP contribution is -2.34. The summed E-state index contributed by atoms with van der Waals surface area (Å²) in [5.74, 6) is 0.874. The van der Waals surface area contributed by atoms with E-state index in [1.165, 1.54) is 18.3 Å². The van der Waals surface area contributed by atoms with Crippen LogP contribution in [-0.2, 0) is 0 Å². The van der Waals surface area contributed by atoms with Gasteiger partial charge in [-0.25, -0.2) is 0 Å². The van der Waals surface area contributed by atoms with E-state index in [1.807, 2.05) is 29.2 Å². The maximum Gasteiger partial charge on any atom is 0.268 e. The Bertz CT molecular complexity index is 678. The number of ketones is 1. The first kappa shape index (κ1) is 13.4. The van der Waals surface area contributed by atoms with Crippen molar-refractivity contribution in [1.82, 2.24) is 0 Å². The molecule has 2 heterocycles. The smallest absolute Gasteiger partial charge is 0.268 e. The van der Waals surface area contributed by atoms with Crippen LogP contribution in [0, 0.1) is 0 Å². The fraction of sp³-hybridized carbons (Fsp3) is 0.200. The number of benzene rings is 1. The van der Waals surface area contributed by atoms with E-state index in [0.29, 0.717) is 17.0 Å². The maximum atomic E-state index is 12.6. The van der Waals surface area contributed by atoms with Gasteiger partial charge in [0.05, 0.1) is 10.6 Å². The van der Waals surface area contributed by atoms with Crippen molar-refractivity contribution < 1.29 is 9.59 Å². The summed E-state index contributed by atoms with van der Waals surface area (Å²) in [6.45, 7) is 2.22. The third-order valence-corrected chi connectivity index (χ3v) is 5.15. The molecule has 0 radical (unpaired) electrons. The molecule has 0 saturated carbocycles. The maximum absolute atomic E-state index is 12.6. The predicted molar refractivity (Wildman–Crippen MR) is 83.2 cm³/mol. The van der Waals surface area contributed by atoms with E-state index in [1.54, 1.807) is 23.2 Å². The number of Topliss-reactive ketones (excluding diaryl/α,β-unsaturated/α-hetero) is 1. The van der Waals surface area contributed by atoms with E-state index in [0.717, 1.165) is 16.3 Å². The number of para-hydroxylation sites is 1. The Balaban J connectivity index is 1.93. The minimum absolute atomic E-state index is 0.00472. The van der Waals surface area contributed by atoms with Crippen LogP contribution in [0.2, 0.25) is 0 Å². The number of thioether (sulfide) groups is 1. The SMILES string of the molecule is CC(=O)c1csc(C(=O)N2CCSc3ccccc32)c1. The third kappa shape index (κ3) is 2.39. The molecular weight excluding hydrogens is 290 g/mol. The second-order valence-electron chi connectivity index (χ2n) is 4.53. The van der Waals surface area contributed by atoms with Gasteiger partial charge in [-0.2, -0.15) is 0 Å². The van der Waals surface area contributed by atoms with E-state index in [2.05, 4.69) is 0 Å². The molecule has 3 rings (SSSR count). The monoisotopic (exact) mass is 303 g/mol. The molecule has 102 valence electrons. The van der Waals surface area contributed by atoms with E-state index in [9.17, 15) is 9.59 Å². The average molecular weight is 303 g/mol. The standard InChI is InChI=1S/C15H13NO2S2/c1-10(17)11-8-14(20-9-11)15(18)16-6-7-19-13-5-3-2-4-12(13)16/h2-5,8-9H,6-7H2,1H3. The number of carbonyl (C=O) groups is 2. The van der Waals surface area contributed by atoms with Crippen LogP contribution in [0.15, 0.2) is 40.6 Å². The summed E-state index contributed by atoms with van der Waals surface area (Å²) < 4.78 is 0. The molecule has 0 fully saturated rings. The molecule has 0 spiro atoms. The number of fused-ring (bicyclic) bond motifs is 1. The fourth-order valence-corrected chi connectivity index (χ4v) is 4.04. The van der Waals surface area contributed by atoms with Crippen LogP contribution in [0.5, 0.6) is 0 Å². The number of hydrogen-bond donors (Lipinski definition) is 0. The van der Waals surface area contributed by atoms with Crippen LogP contribution in [-0.4, -0.2) is 24.0 Å². The lowest BCUT2D eigenvalue weighted by Gasteiger charge is -2.28. The van der Waals surface area contributed by atoms with Crippen molar-refractivity contribution in [2.24, 2.45) is 0 Å². The highest BCUT2D eigenvalue weighted by atomic mass is 32.2. The van der Waals surface area contributed by atoms with Gasteiger partial charge in [0.25, 0.3) is 5.91 Å². The highest BCUT2D eigenvalue weighted by molar-refractivity contribution is 7.99. The molecule has 0 atom stereocenters. The number of rotatable bonds is 2. The van der Waals surface area contributed by atoms with E-state index < -0.39 is 0 Å². The van der Waals surface area contributed by atoms with Crippen molar-refractivity contribution in [3.8, 4) is 0 Å². The van der Waals surface area contributed by atoms with Gasteiger partial charge in [0, 0.05) is 28.1 Å². The lowest BCUT2D eigenvalue weighted by molar-refractivity contribution is 0.0991. The zero-order chi connectivity index (χ0) is 14.1. The van der Waals surface area contributed by atoms with Crippen molar-refractivity contribution in [2.45, 2.75) is 11.8 Å². The highest BCUT2D eigenvalue weighted by Crippen LogP contribution is 2.35. The van der Waals surface area contributed by atoms with Crippen LogP contribution in [0.4, 0.5) is 5.69 Å². The first-order valence-corrected chi connectivity index (χ1v) is 8.16. The molecule has 1 aliphatic rings. The largest absolute Gasteiger partial charge is 0.306 e.